The average molecular weight is 662 g/mol. The van der Waals surface area contributed by atoms with Crippen LogP contribution in [0.25, 0.3) is 100 Å². The molecule has 1 aliphatic rings. The zero-order valence-electron chi connectivity index (χ0n) is 28.2. The summed E-state index contributed by atoms with van der Waals surface area (Å²) < 4.78 is 0. The molecule has 0 radical (unpaired) electrons. The Hall–Kier alpha value is -6.97. The van der Waals surface area contributed by atoms with E-state index in [2.05, 4.69) is 151 Å². The molecule has 0 N–H and O–H groups in total. The van der Waals surface area contributed by atoms with Gasteiger partial charge < -0.3 is 0 Å². The number of benzene rings is 7. The molecule has 2 aromatic heterocycles. The summed E-state index contributed by atoms with van der Waals surface area (Å²) in [6, 6.07) is 62.5. The van der Waals surface area contributed by atoms with E-state index in [1.54, 1.807) is 0 Å². The molecular weight excluding hydrogens is 631 g/mol. The van der Waals surface area contributed by atoms with E-state index in [4.69, 9.17) is 9.97 Å². The molecule has 3 nitrogen and oxygen atoms in total. The molecule has 0 fully saturated rings. The molecule has 52 heavy (non-hydrogen) atoms. The third kappa shape index (κ3) is 5.19. The van der Waals surface area contributed by atoms with Gasteiger partial charge in [0.25, 0.3) is 0 Å². The summed E-state index contributed by atoms with van der Waals surface area (Å²) in [5, 5.41) is 2.65. The Labute approximate surface area is 302 Å². The minimum absolute atomic E-state index is 0.703. The van der Waals surface area contributed by atoms with Crippen LogP contribution in [0.15, 0.2) is 188 Å². The van der Waals surface area contributed by atoms with E-state index in [0.717, 1.165) is 44.8 Å². The number of aromatic nitrogens is 3. The summed E-state index contributed by atoms with van der Waals surface area (Å²) in [6.07, 6.45) is 3.65. The second-order valence-electron chi connectivity index (χ2n) is 13.2. The smallest absolute Gasteiger partial charge is 0.160 e. The highest BCUT2D eigenvalue weighted by molar-refractivity contribution is 6.18. The minimum atomic E-state index is 0.703. The van der Waals surface area contributed by atoms with Crippen LogP contribution >= 0.6 is 0 Å². The molecule has 7 aromatic carbocycles. The van der Waals surface area contributed by atoms with E-state index in [1.165, 1.54) is 49.7 Å². The summed E-state index contributed by atoms with van der Waals surface area (Å²) in [5.41, 5.74) is 17.2. The Kier molecular flexibility index (Phi) is 7.14. The highest BCUT2D eigenvalue weighted by atomic mass is 14.9. The van der Waals surface area contributed by atoms with Crippen LogP contribution in [0.2, 0.25) is 0 Å². The molecule has 242 valence electrons. The first-order chi connectivity index (χ1) is 25.8. The lowest BCUT2D eigenvalue weighted by molar-refractivity contribution is 1.18. The van der Waals surface area contributed by atoms with Gasteiger partial charge in [0.1, 0.15) is 0 Å². The molecule has 0 aliphatic heterocycles. The molecular formula is C49H31N3. The lowest BCUT2D eigenvalue weighted by Crippen LogP contribution is -1.96. The predicted octanol–water partition coefficient (Wildman–Crippen LogP) is 12.7. The van der Waals surface area contributed by atoms with Crippen LogP contribution in [0.1, 0.15) is 0 Å². The number of nitrogens with zero attached hydrogens (tertiary/aromatic N) is 3. The largest absolute Gasteiger partial charge is 0.265 e. The second kappa shape index (κ2) is 12.4. The third-order valence-electron chi connectivity index (χ3n) is 10.2. The van der Waals surface area contributed by atoms with Gasteiger partial charge in [-0.15, -0.1) is 0 Å². The maximum atomic E-state index is 5.06. The highest BCUT2D eigenvalue weighted by Gasteiger charge is 2.22. The van der Waals surface area contributed by atoms with Gasteiger partial charge in [-0.1, -0.05) is 152 Å². The van der Waals surface area contributed by atoms with E-state index >= 15 is 0 Å². The third-order valence-corrected chi connectivity index (χ3v) is 10.2. The first-order valence-corrected chi connectivity index (χ1v) is 17.6. The van der Waals surface area contributed by atoms with Crippen molar-refractivity contribution in [2.24, 2.45) is 0 Å². The molecule has 9 aromatic rings. The van der Waals surface area contributed by atoms with E-state index < -0.39 is 0 Å². The fraction of sp³-hybridized carbons (Fsp3) is 0. The van der Waals surface area contributed by atoms with Crippen molar-refractivity contribution in [2.45, 2.75) is 0 Å². The summed E-state index contributed by atoms with van der Waals surface area (Å²) in [5.74, 6) is 0.703. The topological polar surface area (TPSA) is 38.7 Å². The average Bonchev–Trinajstić information content (AvgIpc) is 3.56. The van der Waals surface area contributed by atoms with Gasteiger partial charge in [-0.2, -0.15) is 0 Å². The first-order valence-electron chi connectivity index (χ1n) is 17.6. The number of rotatable bonds is 6. The Morgan fingerprint density at radius 3 is 1.54 bits per heavy atom. The fourth-order valence-corrected chi connectivity index (χ4v) is 7.60. The molecule has 0 atom stereocenters. The van der Waals surface area contributed by atoms with Crippen molar-refractivity contribution < 1.29 is 0 Å². The Morgan fingerprint density at radius 1 is 0.288 bits per heavy atom. The quantitative estimate of drug-likeness (QED) is 0.178. The first kappa shape index (κ1) is 29.9. The summed E-state index contributed by atoms with van der Waals surface area (Å²) in [7, 11) is 0. The lowest BCUT2D eigenvalue weighted by atomic mass is 9.93. The summed E-state index contributed by atoms with van der Waals surface area (Å²) in [4.78, 5) is 14.3. The molecule has 3 heteroatoms. The van der Waals surface area contributed by atoms with Gasteiger partial charge in [-0.05, 0) is 90.7 Å². The molecule has 0 unspecified atom stereocenters. The van der Waals surface area contributed by atoms with Crippen molar-refractivity contribution in [1.29, 1.82) is 0 Å². The molecule has 0 saturated heterocycles. The van der Waals surface area contributed by atoms with Gasteiger partial charge in [0, 0.05) is 29.1 Å². The van der Waals surface area contributed by atoms with Crippen LogP contribution in [-0.2, 0) is 0 Å². The predicted molar refractivity (Wildman–Crippen MR) is 214 cm³/mol. The number of hydrogen-bond donors (Lipinski definition) is 0. The van der Waals surface area contributed by atoms with Crippen LogP contribution in [0, 0.1) is 0 Å². The lowest BCUT2D eigenvalue weighted by Gasteiger charge is -2.12. The standard InChI is InChI=1S/C49H31N3/c1-2-8-37(9-3-1)49-51-46(31-47(52-49)39-11-6-10-38(30-39)34-26-28-50-29-27-34)36-22-18-33(19-23-36)32-16-20-35(21-17-32)40-24-25-45-42-13-5-4-12-41(42)44-15-7-14-43(40)48(44)45/h1-31H. The maximum absolute atomic E-state index is 5.06. The van der Waals surface area contributed by atoms with Crippen molar-refractivity contribution in [3.63, 3.8) is 0 Å². The van der Waals surface area contributed by atoms with Gasteiger partial charge in [0.15, 0.2) is 5.82 Å². The van der Waals surface area contributed by atoms with Crippen LogP contribution in [-0.4, -0.2) is 15.0 Å². The second-order valence-corrected chi connectivity index (χ2v) is 13.2. The van der Waals surface area contributed by atoms with Gasteiger partial charge in [0.2, 0.25) is 0 Å². The van der Waals surface area contributed by atoms with Crippen molar-refractivity contribution >= 4 is 10.8 Å². The molecule has 1 aliphatic carbocycles. The number of fused-ring (bicyclic) bond motifs is 3. The SMILES string of the molecule is c1ccc(-c2nc(-c3ccc(-c4ccc(-c5ccc6c7c(cccc57)-c5ccccc5-6)cc4)cc3)cc(-c3cccc(-c4ccncc4)c3)n2)cc1. The van der Waals surface area contributed by atoms with Crippen molar-refractivity contribution in [3.8, 4) is 89.5 Å². The molecule has 2 heterocycles. The molecule has 0 bridgehead atoms. The van der Waals surface area contributed by atoms with Gasteiger partial charge in [0.05, 0.1) is 11.4 Å². The van der Waals surface area contributed by atoms with Crippen LogP contribution in [0.4, 0.5) is 0 Å². The van der Waals surface area contributed by atoms with E-state index in [1.807, 2.05) is 42.7 Å². The number of pyridine rings is 1. The van der Waals surface area contributed by atoms with Crippen molar-refractivity contribution in [3.05, 3.63) is 188 Å². The molecule has 10 rings (SSSR count). The molecule has 0 saturated carbocycles. The monoisotopic (exact) mass is 661 g/mol. The molecule has 0 amide bonds. The van der Waals surface area contributed by atoms with Gasteiger partial charge in [-0.3, -0.25) is 4.98 Å². The minimum Gasteiger partial charge on any atom is -0.265 e. The van der Waals surface area contributed by atoms with Gasteiger partial charge >= 0.3 is 0 Å². The van der Waals surface area contributed by atoms with E-state index in [9.17, 15) is 0 Å². The maximum Gasteiger partial charge on any atom is 0.160 e. The molecule has 0 spiro atoms. The Morgan fingerprint density at radius 2 is 0.808 bits per heavy atom. The Balaban J connectivity index is 0.981. The van der Waals surface area contributed by atoms with Gasteiger partial charge in [-0.25, -0.2) is 9.97 Å². The normalized spacial score (nSPS) is 11.5. The number of hydrogen-bond acceptors (Lipinski definition) is 3. The van der Waals surface area contributed by atoms with Crippen LogP contribution in [0.3, 0.4) is 0 Å². The fourth-order valence-electron chi connectivity index (χ4n) is 7.60. The van der Waals surface area contributed by atoms with E-state index in [0.29, 0.717) is 5.82 Å². The van der Waals surface area contributed by atoms with Crippen molar-refractivity contribution in [2.75, 3.05) is 0 Å². The van der Waals surface area contributed by atoms with Crippen LogP contribution < -0.4 is 0 Å². The summed E-state index contributed by atoms with van der Waals surface area (Å²) >= 11 is 0. The van der Waals surface area contributed by atoms with E-state index in [-0.39, 0.29) is 0 Å². The summed E-state index contributed by atoms with van der Waals surface area (Å²) in [6.45, 7) is 0. The van der Waals surface area contributed by atoms with Crippen LogP contribution in [0.5, 0.6) is 0 Å². The van der Waals surface area contributed by atoms with Crippen molar-refractivity contribution in [1.82, 2.24) is 15.0 Å². The zero-order chi connectivity index (χ0) is 34.4. The zero-order valence-corrected chi connectivity index (χ0v) is 28.2. The Bertz CT molecular complexity index is 2720. The highest BCUT2D eigenvalue weighted by Crippen LogP contribution is 2.49.